The Balaban J connectivity index is 1.72. The van der Waals surface area contributed by atoms with Gasteiger partial charge in [0.2, 0.25) is 0 Å². The van der Waals surface area contributed by atoms with Crippen molar-refractivity contribution >= 4 is 17.8 Å². The van der Waals surface area contributed by atoms with Crippen molar-refractivity contribution in [2.75, 3.05) is 6.61 Å². The zero-order valence-corrected chi connectivity index (χ0v) is 15.4. The Hall–Kier alpha value is -3.93. The number of pyridine rings is 1. The summed E-state index contributed by atoms with van der Waals surface area (Å²) in [4.78, 5) is 30.8. The zero-order chi connectivity index (χ0) is 20.1. The first kappa shape index (κ1) is 18.4. The number of esters is 1. The lowest BCUT2D eigenvalue weighted by Crippen LogP contribution is -2.28. The average Bonchev–Trinajstić information content (AvgIpc) is 3.15. The number of aromatic nitrogens is 1. The van der Waals surface area contributed by atoms with Crippen molar-refractivity contribution < 1.29 is 19.1 Å². The first-order valence-electron chi connectivity index (χ1n) is 9.05. The second kappa shape index (κ2) is 8.39. The molecule has 1 aromatic heterocycles. The molecule has 1 aliphatic rings. The van der Waals surface area contributed by atoms with E-state index in [1.54, 1.807) is 48.7 Å². The van der Waals surface area contributed by atoms with E-state index < -0.39 is 18.1 Å². The van der Waals surface area contributed by atoms with E-state index >= 15 is 0 Å². The van der Waals surface area contributed by atoms with E-state index in [1.807, 2.05) is 36.4 Å². The lowest BCUT2D eigenvalue weighted by molar-refractivity contribution is -0.129. The Morgan fingerprint density at radius 3 is 2.38 bits per heavy atom. The molecule has 0 bridgehead atoms. The lowest BCUT2D eigenvalue weighted by Gasteiger charge is -2.23. The molecule has 0 N–H and O–H groups in total. The fourth-order valence-electron chi connectivity index (χ4n) is 3.06. The highest BCUT2D eigenvalue weighted by Crippen LogP contribution is 2.34. The molecule has 0 spiro atoms. The predicted octanol–water partition coefficient (Wildman–Crippen LogP) is 4.02. The van der Waals surface area contributed by atoms with Crippen LogP contribution < -0.4 is 4.74 Å². The highest BCUT2D eigenvalue weighted by atomic mass is 16.6. The van der Waals surface area contributed by atoms with Gasteiger partial charge in [0.15, 0.2) is 0 Å². The van der Waals surface area contributed by atoms with Gasteiger partial charge >= 0.3 is 12.1 Å². The number of rotatable bonds is 5. The van der Waals surface area contributed by atoms with Gasteiger partial charge in [-0.25, -0.2) is 9.59 Å². The number of carbonyl (C=O) groups excluding carboxylic acids is 2. The maximum atomic E-state index is 12.6. The molecule has 143 valence electrons. The Bertz CT molecular complexity index is 1020. The molecule has 0 saturated carbocycles. The van der Waals surface area contributed by atoms with Crippen LogP contribution in [0.3, 0.4) is 0 Å². The standard InChI is InChI=1S/C23H17N2O4/c26-22(29-18-11-5-2-6-12-18)15-20(19-13-7-8-14-24-19)25-21(16-28-23(25)27)17-9-3-1-4-10-17/h1-14,21H,16H2/t21-/m0/s1. The van der Waals surface area contributed by atoms with Gasteiger partial charge in [0, 0.05) is 6.20 Å². The number of benzene rings is 2. The fourth-order valence-corrected chi connectivity index (χ4v) is 3.06. The summed E-state index contributed by atoms with van der Waals surface area (Å²) in [7, 11) is 0. The number of cyclic esters (lactones) is 1. The minimum absolute atomic E-state index is 0.161. The molecule has 2 heterocycles. The molecule has 1 radical (unpaired) electrons. The molecule has 6 heteroatoms. The van der Waals surface area contributed by atoms with Crippen LogP contribution in [0.1, 0.15) is 17.3 Å². The summed E-state index contributed by atoms with van der Waals surface area (Å²) >= 11 is 0. The third-order valence-electron chi connectivity index (χ3n) is 4.38. The summed E-state index contributed by atoms with van der Waals surface area (Å²) in [5, 5.41) is 0. The second-order valence-corrected chi connectivity index (χ2v) is 6.26. The minimum atomic E-state index is -0.733. The van der Waals surface area contributed by atoms with E-state index in [0.717, 1.165) is 5.56 Å². The highest BCUT2D eigenvalue weighted by molar-refractivity contribution is 5.92. The van der Waals surface area contributed by atoms with Crippen molar-refractivity contribution in [2.45, 2.75) is 6.04 Å². The van der Waals surface area contributed by atoms with Crippen molar-refractivity contribution in [3.05, 3.63) is 102 Å². The topological polar surface area (TPSA) is 68.7 Å². The normalized spacial score (nSPS) is 16.4. The Morgan fingerprint density at radius 2 is 1.69 bits per heavy atom. The molecule has 0 unspecified atom stereocenters. The van der Waals surface area contributed by atoms with Gasteiger partial charge in [-0.05, 0) is 29.8 Å². The van der Waals surface area contributed by atoms with E-state index in [0.29, 0.717) is 11.4 Å². The minimum Gasteiger partial charge on any atom is -0.447 e. The van der Waals surface area contributed by atoms with Crippen LogP contribution in [-0.2, 0) is 9.53 Å². The van der Waals surface area contributed by atoms with Crippen LogP contribution in [0.5, 0.6) is 5.75 Å². The molecule has 1 atom stereocenters. The molecular formula is C23H17N2O4. The van der Waals surface area contributed by atoms with Gasteiger partial charge in [-0.1, -0.05) is 54.6 Å². The van der Waals surface area contributed by atoms with Gasteiger partial charge in [-0.15, -0.1) is 0 Å². The van der Waals surface area contributed by atoms with Crippen LogP contribution in [0.15, 0.2) is 85.1 Å². The number of hydrogen-bond acceptors (Lipinski definition) is 5. The van der Waals surface area contributed by atoms with Crippen LogP contribution in [0, 0.1) is 6.08 Å². The van der Waals surface area contributed by atoms with Gasteiger partial charge in [-0.2, -0.15) is 0 Å². The van der Waals surface area contributed by atoms with Crippen molar-refractivity contribution in [1.82, 2.24) is 9.88 Å². The molecule has 6 nitrogen and oxygen atoms in total. The monoisotopic (exact) mass is 385 g/mol. The Morgan fingerprint density at radius 1 is 1.00 bits per heavy atom. The summed E-state index contributed by atoms with van der Waals surface area (Å²) in [6, 6.07) is 22.9. The SMILES string of the molecule is O=C([C]=C(c1ccccn1)N1C(=O)OC[C@H]1c1ccccc1)Oc1ccccc1. The van der Waals surface area contributed by atoms with E-state index in [1.165, 1.54) is 4.90 Å². The summed E-state index contributed by atoms with van der Waals surface area (Å²) in [5.41, 5.74) is 1.49. The Labute approximate surface area is 168 Å². The average molecular weight is 385 g/mol. The number of hydrogen-bond donors (Lipinski definition) is 0. The molecule has 4 rings (SSSR count). The largest absolute Gasteiger partial charge is 0.447 e. The van der Waals surface area contributed by atoms with Crippen molar-refractivity contribution in [3.63, 3.8) is 0 Å². The quantitative estimate of drug-likeness (QED) is 0.377. The summed E-state index contributed by atoms with van der Waals surface area (Å²) in [5.74, 6) is -0.350. The lowest BCUT2D eigenvalue weighted by atomic mass is 10.1. The molecular weight excluding hydrogens is 368 g/mol. The fraction of sp³-hybridized carbons (Fsp3) is 0.0870. The van der Waals surface area contributed by atoms with Crippen LogP contribution in [0.25, 0.3) is 5.70 Å². The van der Waals surface area contributed by atoms with Crippen molar-refractivity contribution in [3.8, 4) is 5.75 Å². The highest BCUT2D eigenvalue weighted by Gasteiger charge is 2.38. The number of carbonyl (C=O) groups is 2. The molecule has 1 fully saturated rings. The van der Waals surface area contributed by atoms with E-state index in [4.69, 9.17) is 9.47 Å². The molecule has 1 amide bonds. The van der Waals surface area contributed by atoms with Crippen LogP contribution in [-0.4, -0.2) is 28.6 Å². The maximum Gasteiger partial charge on any atom is 0.415 e. The first-order chi connectivity index (χ1) is 14.2. The molecule has 1 aliphatic heterocycles. The first-order valence-corrected chi connectivity index (χ1v) is 9.05. The van der Waals surface area contributed by atoms with E-state index in [2.05, 4.69) is 11.1 Å². The van der Waals surface area contributed by atoms with E-state index in [-0.39, 0.29) is 12.3 Å². The number of amides is 1. The summed E-state index contributed by atoms with van der Waals surface area (Å²) < 4.78 is 10.6. The predicted molar refractivity (Wildman–Crippen MR) is 105 cm³/mol. The number of para-hydroxylation sites is 1. The maximum absolute atomic E-state index is 12.6. The third-order valence-corrected chi connectivity index (χ3v) is 4.38. The van der Waals surface area contributed by atoms with Crippen LogP contribution in [0.4, 0.5) is 4.79 Å². The van der Waals surface area contributed by atoms with Crippen LogP contribution in [0.2, 0.25) is 0 Å². The van der Waals surface area contributed by atoms with Gasteiger partial charge in [0.25, 0.3) is 0 Å². The molecule has 29 heavy (non-hydrogen) atoms. The number of nitrogens with zero attached hydrogens (tertiary/aromatic N) is 2. The second-order valence-electron chi connectivity index (χ2n) is 6.26. The number of ether oxygens (including phenoxy) is 2. The van der Waals surface area contributed by atoms with Gasteiger partial charge in [-0.3, -0.25) is 9.88 Å². The third kappa shape index (κ3) is 4.16. The van der Waals surface area contributed by atoms with Crippen molar-refractivity contribution in [2.24, 2.45) is 0 Å². The van der Waals surface area contributed by atoms with Gasteiger partial charge < -0.3 is 9.47 Å². The summed E-state index contributed by atoms with van der Waals surface area (Å²) in [6.07, 6.45) is 3.68. The van der Waals surface area contributed by atoms with Gasteiger partial charge in [0.1, 0.15) is 18.4 Å². The Kier molecular flexibility index (Phi) is 5.33. The molecule has 3 aromatic rings. The smallest absolute Gasteiger partial charge is 0.415 e. The van der Waals surface area contributed by atoms with Crippen LogP contribution >= 0.6 is 0 Å². The summed E-state index contributed by atoms with van der Waals surface area (Å²) in [6.45, 7) is 0.161. The molecule has 2 aromatic carbocycles. The van der Waals surface area contributed by atoms with Gasteiger partial charge in [0.05, 0.1) is 17.4 Å². The van der Waals surface area contributed by atoms with Crippen molar-refractivity contribution in [1.29, 1.82) is 0 Å². The molecule has 0 aliphatic carbocycles. The molecule has 1 saturated heterocycles. The van der Waals surface area contributed by atoms with E-state index in [9.17, 15) is 9.59 Å². The zero-order valence-electron chi connectivity index (χ0n) is 15.4.